The minimum absolute atomic E-state index is 0.0416. The van der Waals surface area contributed by atoms with Crippen molar-refractivity contribution in [2.45, 2.75) is 33.3 Å². The van der Waals surface area contributed by atoms with Crippen LogP contribution in [0.15, 0.2) is 30.3 Å². The van der Waals surface area contributed by atoms with E-state index in [-0.39, 0.29) is 12.0 Å². The van der Waals surface area contributed by atoms with Gasteiger partial charge in [0.05, 0.1) is 25.5 Å². The summed E-state index contributed by atoms with van der Waals surface area (Å²) in [5, 5.41) is 8.02. The fourth-order valence-corrected chi connectivity index (χ4v) is 3.00. The zero-order valence-corrected chi connectivity index (χ0v) is 16.0. The standard InChI is InChI=1S/C20H25N3O4/c1-4-25-17-8-7-15(12-18(17)26-5-2)20(24)23-11-10-16(13-23)27-19-9-6-14(3)21-22-19/h6-9,12,16H,4-5,10-11,13H2,1-3H3. The number of benzene rings is 1. The number of hydrogen-bond acceptors (Lipinski definition) is 6. The highest BCUT2D eigenvalue weighted by Crippen LogP contribution is 2.29. The van der Waals surface area contributed by atoms with E-state index in [9.17, 15) is 4.79 Å². The smallest absolute Gasteiger partial charge is 0.254 e. The molecule has 0 bridgehead atoms. The van der Waals surface area contributed by atoms with Crippen LogP contribution in [-0.4, -0.2) is 53.4 Å². The lowest BCUT2D eigenvalue weighted by molar-refractivity contribution is 0.0770. The molecule has 1 aromatic heterocycles. The van der Waals surface area contributed by atoms with Crippen LogP contribution in [0.1, 0.15) is 36.3 Å². The van der Waals surface area contributed by atoms with Gasteiger partial charge in [-0.1, -0.05) is 0 Å². The van der Waals surface area contributed by atoms with Crippen LogP contribution in [0.5, 0.6) is 17.4 Å². The van der Waals surface area contributed by atoms with Crippen LogP contribution >= 0.6 is 0 Å². The Morgan fingerprint density at radius 3 is 2.59 bits per heavy atom. The van der Waals surface area contributed by atoms with Crippen LogP contribution < -0.4 is 14.2 Å². The normalized spacial score (nSPS) is 16.3. The van der Waals surface area contributed by atoms with Crippen molar-refractivity contribution in [2.75, 3.05) is 26.3 Å². The third-order valence-electron chi connectivity index (χ3n) is 4.28. The van der Waals surface area contributed by atoms with E-state index in [2.05, 4.69) is 10.2 Å². The van der Waals surface area contributed by atoms with Crippen LogP contribution in [0.4, 0.5) is 0 Å². The monoisotopic (exact) mass is 371 g/mol. The molecule has 1 amide bonds. The van der Waals surface area contributed by atoms with E-state index in [0.717, 1.165) is 12.1 Å². The molecule has 0 radical (unpaired) electrons. The van der Waals surface area contributed by atoms with Gasteiger partial charge in [-0.05, 0) is 45.0 Å². The van der Waals surface area contributed by atoms with E-state index in [4.69, 9.17) is 14.2 Å². The molecule has 0 N–H and O–H groups in total. The minimum atomic E-state index is -0.0833. The summed E-state index contributed by atoms with van der Waals surface area (Å²) in [6.45, 7) is 7.90. The summed E-state index contributed by atoms with van der Waals surface area (Å²) in [5.41, 5.74) is 1.42. The van der Waals surface area contributed by atoms with E-state index < -0.39 is 0 Å². The molecular weight excluding hydrogens is 346 g/mol. The molecule has 1 unspecified atom stereocenters. The van der Waals surface area contributed by atoms with Gasteiger partial charge in [0.25, 0.3) is 5.91 Å². The van der Waals surface area contributed by atoms with Gasteiger partial charge < -0.3 is 19.1 Å². The van der Waals surface area contributed by atoms with E-state index in [1.165, 1.54) is 0 Å². The predicted octanol–water partition coefficient (Wildman–Crippen LogP) is 2.88. The molecule has 3 rings (SSSR count). The minimum Gasteiger partial charge on any atom is -0.490 e. The summed E-state index contributed by atoms with van der Waals surface area (Å²) in [7, 11) is 0. The first kappa shape index (κ1) is 18.9. The Morgan fingerprint density at radius 1 is 1.11 bits per heavy atom. The molecule has 1 aliphatic rings. The number of hydrogen-bond donors (Lipinski definition) is 0. The van der Waals surface area contributed by atoms with Crippen LogP contribution in [0, 0.1) is 6.92 Å². The van der Waals surface area contributed by atoms with Gasteiger partial charge in [0.1, 0.15) is 6.10 Å². The van der Waals surface area contributed by atoms with Gasteiger partial charge in [0.2, 0.25) is 5.88 Å². The molecular formula is C20H25N3O4. The van der Waals surface area contributed by atoms with Crippen molar-refractivity contribution in [3.8, 4) is 17.4 Å². The number of amides is 1. The number of ether oxygens (including phenoxy) is 3. The van der Waals surface area contributed by atoms with Crippen molar-refractivity contribution in [3.63, 3.8) is 0 Å². The van der Waals surface area contributed by atoms with Crippen LogP contribution in [0.2, 0.25) is 0 Å². The molecule has 0 aliphatic carbocycles. The van der Waals surface area contributed by atoms with Gasteiger partial charge in [-0.25, -0.2) is 0 Å². The lowest BCUT2D eigenvalue weighted by Crippen LogP contribution is -2.31. The molecule has 0 saturated carbocycles. The Hall–Kier alpha value is -2.83. The molecule has 1 aromatic carbocycles. The zero-order chi connectivity index (χ0) is 19.2. The second kappa shape index (κ2) is 8.70. The lowest BCUT2D eigenvalue weighted by Gasteiger charge is -2.18. The Bertz CT molecular complexity index is 779. The summed E-state index contributed by atoms with van der Waals surface area (Å²) in [5.74, 6) is 1.68. The molecule has 1 aliphatic heterocycles. The maximum Gasteiger partial charge on any atom is 0.254 e. The maximum atomic E-state index is 12.9. The molecule has 7 heteroatoms. The summed E-state index contributed by atoms with van der Waals surface area (Å²) in [4.78, 5) is 14.7. The van der Waals surface area contributed by atoms with Crippen molar-refractivity contribution in [1.82, 2.24) is 15.1 Å². The van der Waals surface area contributed by atoms with Crippen molar-refractivity contribution in [3.05, 3.63) is 41.6 Å². The van der Waals surface area contributed by atoms with E-state index in [0.29, 0.717) is 49.2 Å². The first-order chi connectivity index (χ1) is 13.1. The number of aryl methyl sites for hydroxylation is 1. The zero-order valence-electron chi connectivity index (χ0n) is 16.0. The second-order valence-electron chi connectivity index (χ2n) is 6.32. The molecule has 2 aromatic rings. The fourth-order valence-electron chi connectivity index (χ4n) is 3.00. The van der Waals surface area contributed by atoms with Crippen molar-refractivity contribution in [1.29, 1.82) is 0 Å². The number of nitrogens with zero attached hydrogens (tertiary/aromatic N) is 3. The summed E-state index contributed by atoms with van der Waals surface area (Å²) in [6.07, 6.45) is 0.677. The summed E-state index contributed by atoms with van der Waals surface area (Å²) < 4.78 is 17.0. The van der Waals surface area contributed by atoms with Crippen LogP contribution in [-0.2, 0) is 0 Å². The van der Waals surface area contributed by atoms with Gasteiger partial charge in [0.15, 0.2) is 11.5 Å². The van der Waals surface area contributed by atoms with E-state index in [1.54, 1.807) is 29.2 Å². The summed E-state index contributed by atoms with van der Waals surface area (Å²) in [6, 6.07) is 8.96. The van der Waals surface area contributed by atoms with Gasteiger partial charge in [-0.15, -0.1) is 5.10 Å². The third-order valence-corrected chi connectivity index (χ3v) is 4.28. The number of likely N-dealkylation sites (tertiary alicyclic amines) is 1. The van der Waals surface area contributed by atoms with Crippen LogP contribution in [0.25, 0.3) is 0 Å². The topological polar surface area (TPSA) is 73.8 Å². The number of rotatable bonds is 7. The number of carbonyl (C=O) groups is 1. The lowest BCUT2D eigenvalue weighted by atomic mass is 10.1. The van der Waals surface area contributed by atoms with Gasteiger partial charge in [-0.2, -0.15) is 5.10 Å². The summed E-state index contributed by atoms with van der Waals surface area (Å²) >= 11 is 0. The molecule has 2 heterocycles. The predicted molar refractivity (Wildman–Crippen MR) is 100 cm³/mol. The average Bonchev–Trinajstić information content (AvgIpc) is 3.13. The fraction of sp³-hybridized carbons (Fsp3) is 0.450. The first-order valence-electron chi connectivity index (χ1n) is 9.26. The first-order valence-corrected chi connectivity index (χ1v) is 9.26. The van der Waals surface area contributed by atoms with E-state index in [1.807, 2.05) is 26.8 Å². The Labute approximate surface area is 159 Å². The number of aromatic nitrogens is 2. The van der Waals surface area contributed by atoms with Crippen LogP contribution in [0.3, 0.4) is 0 Å². The third kappa shape index (κ3) is 4.67. The largest absolute Gasteiger partial charge is 0.490 e. The van der Waals surface area contributed by atoms with Gasteiger partial charge >= 0.3 is 0 Å². The highest BCUT2D eigenvalue weighted by atomic mass is 16.5. The number of carbonyl (C=O) groups excluding carboxylic acids is 1. The molecule has 1 fully saturated rings. The maximum absolute atomic E-state index is 12.9. The van der Waals surface area contributed by atoms with Crippen molar-refractivity contribution < 1.29 is 19.0 Å². The molecule has 1 atom stereocenters. The SMILES string of the molecule is CCOc1ccc(C(=O)N2CCC(Oc3ccc(C)nn3)C2)cc1OCC. The Balaban J connectivity index is 1.65. The molecule has 0 spiro atoms. The van der Waals surface area contributed by atoms with Gasteiger partial charge in [0, 0.05) is 24.6 Å². The van der Waals surface area contributed by atoms with Crippen molar-refractivity contribution in [2.24, 2.45) is 0 Å². The second-order valence-corrected chi connectivity index (χ2v) is 6.32. The Kier molecular flexibility index (Phi) is 6.11. The van der Waals surface area contributed by atoms with E-state index >= 15 is 0 Å². The highest BCUT2D eigenvalue weighted by Gasteiger charge is 2.29. The molecule has 144 valence electrons. The Morgan fingerprint density at radius 2 is 1.89 bits per heavy atom. The molecule has 27 heavy (non-hydrogen) atoms. The molecule has 1 saturated heterocycles. The van der Waals surface area contributed by atoms with Crippen molar-refractivity contribution >= 4 is 5.91 Å². The quantitative estimate of drug-likeness (QED) is 0.745. The highest BCUT2D eigenvalue weighted by molar-refractivity contribution is 5.95. The van der Waals surface area contributed by atoms with Gasteiger partial charge in [-0.3, -0.25) is 4.79 Å². The molecule has 7 nitrogen and oxygen atoms in total. The average molecular weight is 371 g/mol.